The van der Waals surface area contributed by atoms with Crippen molar-refractivity contribution in [2.75, 3.05) is 0 Å². The van der Waals surface area contributed by atoms with E-state index in [-0.39, 0.29) is 10.6 Å². The minimum absolute atomic E-state index is 0.0504. The number of carboxylic acids is 1. The molecule has 2 rings (SSSR count). The molecule has 0 aromatic carbocycles. The minimum atomic E-state index is -3.80. The molecular formula is C13H16N2O4S2. The Morgan fingerprint density at radius 2 is 2.05 bits per heavy atom. The van der Waals surface area contributed by atoms with Gasteiger partial charge in [0.05, 0.1) is 6.42 Å². The summed E-state index contributed by atoms with van der Waals surface area (Å²) < 4.78 is 27.5. The van der Waals surface area contributed by atoms with Crippen LogP contribution in [-0.4, -0.2) is 25.0 Å². The highest BCUT2D eigenvalue weighted by Gasteiger charge is 2.38. The second-order valence-electron chi connectivity index (χ2n) is 5.25. The highest BCUT2D eigenvalue weighted by Crippen LogP contribution is 2.33. The van der Waals surface area contributed by atoms with Crippen LogP contribution in [0.15, 0.2) is 16.3 Å². The van der Waals surface area contributed by atoms with Crippen molar-refractivity contribution < 1.29 is 18.3 Å². The fourth-order valence-electron chi connectivity index (χ4n) is 2.69. The van der Waals surface area contributed by atoms with E-state index in [0.717, 1.165) is 30.6 Å². The van der Waals surface area contributed by atoms with E-state index in [2.05, 4.69) is 4.72 Å². The Kier molecular flexibility index (Phi) is 4.66. The average Bonchev–Trinajstić information content (AvgIpc) is 2.87. The molecule has 0 bridgehead atoms. The molecule has 0 spiro atoms. The van der Waals surface area contributed by atoms with Gasteiger partial charge in [-0.15, -0.1) is 11.3 Å². The molecule has 114 valence electrons. The van der Waals surface area contributed by atoms with Gasteiger partial charge in [0.1, 0.15) is 15.2 Å². The maximum absolute atomic E-state index is 12.4. The van der Waals surface area contributed by atoms with Gasteiger partial charge in [0, 0.05) is 5.54 Å². The van der Waals surface area contributed by atoms with Crippen LogP contribution < -0.4 is 4.72 Å². The van der Waals surface area contributed by atoms with Crippen LogP contribution in [0.25, 0.3) is 0 Å². The summed E-state index contributed by atoms with van der Waals surface area (Å²) in [5.41, 5.74) is -0.917. The number of nitrogens with zero attached hydrogens (tertiary/aromatic N) is 1. The monoisotopic (exact) mass is 328 g/mol. The maximum atomic E-state index is 12.4. The Labute approximate surface area is 127 Å². The molecule has 1 heterocycles. The summed E-state index contributed by atoms with van der Waals surface area (Å²) in [6.45, 7) is 0. The first-order valence-electron chi connectivity index (χ1n) is 6.63. The summed E-state index contributed by atoms with van der Waals surface area (Å²) in [5, 5.41) is 17.8. The molecule has 8 heteroatoms. The van der Waals surface area contributed by atoms with Crippen LogP contribution in [-0.2, 0) is 14.8 Å². The lowest BCUT2D eigenvalue weighted by Gasteiger charge is -2.36. The molecule has 1 saturated carbocycles. The lowest BCUT2D eigenvalue weighted by molar-refractivity contribution is -0.138. The first kappa shape index (κ1) is 15.9. The van der Waals surface area contributed by atoms with Crippen LogP contribution in [0.5, 0.6) is 0 Å². The molecule has 1 aromatic rings. The van der Waals surface area contributed by atoms with Gasteiger partial charge in [-0.05, 0) is 25.0 Å². The highest BCUT2D eigenvalue weighted by atomic mass is 32.2. The zero-order chi connectivity index (χ0) is 15.5. The van der Waals surface area contributed by atoms with Gasteiger partial charge >= 0.3 is 5.97 Å². The minimum Gasteiger partial charge on any atom is -0.481 e. The van der Waals surface area contributed by atoms with Crippen LogP contribution >= 0.6 is 11.3 Å². The number of thiophene rings is 1. The van der Waals surface area contributed by atoms with Crippen molar-refractivity contribution in [3.63, 3.8) is 0 Å². The van der Waals surface area contributed by atoms with Gasteiger partial charge < -0.3 is 5.11 Å². The van der Waals surface area contributed by atoms with Crippen LogP contribution in [0.2, 0.25) is 0 Å². The fraction of sp³-hybridized carbons (Fsp3) is 0.538. The van der Waals surface area contributed by atoms with Crippen LogP contribution in [0.4, 0.5) is 0 Å². The molecule has 1 aliphatic carbocycles. The third-order valence-electron chi connectivity index (χ3n) is 3.61. The van der Waals surface area contributed by atoms with Gasteiger partial charge in [0.15, 0.2) is 0 Å². The van der Waals surface area contributed by atoms with Gasteiger partial charge in [-0.25, -0.2) is 13.1 Å². The number of sulfonamides is 1. The lowest BCUT2D eigenvalue weighted by atomic mass is 9.80. The summed E-state index contributed by atoms with van der Waals surface area (Å²) in [6, 6.07) is 4.72. The van der Waals surface area contributed by atoms with Crippen molar-refractivity contribution in [2.24, 2.45) is 0 Å². The molecule has 0 amide bonds. The Hall–Kier alpha value is -1.43. The zero-order valence-corrected chi connectivity index (χ0v) is 13.0. The second-order valence-corrected chi connectivity index (χ2v) is 8.24. The first-order chi connectivity index (χ1) is 9.87. The molecule has 0 radical (unpaired) electrons. The summed E-state index contributed by atoms with van der Waals surface area (Å²) in [5.74, 6) is -1.01. The topological polar surface area (TPSA) is 107 Å². The van der Waals surface area contributed by atoms with E-state index in [1.54, 1.807) is 0 Å². The van der Waals surface area contributed by atoms with Crippen molar-refractivity contribution in [3.8, 4) is 6.07 Å². The molecule has 1 fully saturated rings. The van der Waals surface area contributed by atoms with Crippen molar-refractivity contribution >= 4 is 27.3 Å². The van der Waals surface area contributed by atoms with Crippen molar-refractivity contribution in [1.29, 1.82) is 5.26 Å². The lowest BCUT2D eigenvalue weighted by Crippen LogP contribution is -2.50. The van der Waals surface area contributed by atoms with E-state index in [4.69, 9.17) is 10.4 Å². The number of hydrogen-bond donors (Lipinski definition) is 2. The number of carbonyl (C=O) groups is 1. The van der Waals surface area contributed by atoms with Crippen LogP contribution in [0, 0.1) is 11.3 Å². The summed E-state index contributed by atoms with van der Waals surface area (Å²) >= 11 is 0.887. The van der Waals surface area contributed by atoms with Gasteiger partial charge in [-0.2, -0.15) is 5.26 Å². The molecule has 21 heavy (non-hydrogen) atoms. The molecule has 0 atom stereocenters. The van der Waals surface area contributed by atoms with Crippen molar-refractivity contribution in [3.05, 3.63) is 17.0 Å². The van der Waals surface area contributed by atoms with Crippen molar-refractivity contribution in [1.82, 2.24) is 4.72 Å². The molecule has 0 saturated heterocycles. The van der Waals surface area contributed by atoms with Gasteiger partial charge in [-0.3, -0.25) is 4.79 Å². The van der Waals surface area contributed by atoms with E-state index < -0.39 is 21.5 Å². The Morgan fingerprint density at radius 3 is 2.57 bits per heavy atom. The number of carboxylic acid groups (broad SMARTS) is 1. The first-order valence-corrected chi connectivity index (χ1v) is 8.93. The van der Waals surface area contributed by atoms with Gasteiger partial charge in [0.2, 0.25) is 0 Å². The molecule has 2 N–H and O–H groups in total. The summed E-state index contributed by atoms with van der Waals surface area (Å²) in [7, 11) is -3.80. The molecule has 1 aliphatic rings. The predicted molar refractivity (Wildman–Crippen MR) is 77.4 cm³/mol. The second kappa shape index (κ2) is 6.13. The standard InChI is InChI=1S/C13H16N2O4S2/c14-9-10-4-5-12(20-10)21(18,19)15-13(8-11(16)17)6-2-1-3-7-13/h4-5,15H,1-3,6-8H2,(H,16,17). The normalized spacial score (nSPS) is 18.0. The van der Waals surface area contributed by atoms with Gasteiger partial charge in [-0.1, -0.05) is 19.3 Å². The van der Waals surface area contributed by atoms with Gasteiger partial charge in [0.25, 0.3) is 10.0 Å². The van der Waals surface area contributed by atoms with E-state index >= 15 is 0 Å². The summed E-state index contributed by atoms with van der Waals surface area (Å²) in [6.07, 6.45) is 3.43. The van der Waals surface area contributed by atoms with E-state index in [9.17, 15) is 13.2 Å². The Bertz CT molecular complexity index is 667. The smallest absolute Gasteiger partial charge is 0.305 e. The number of nitrogens with one attached hydrogen (secondary N) is 1. The molecule has 0 unspecified atom stereocenters. The number of nitriles is 1. The van der Waals surface area contributed by atoms with E-state index in [1.807, 2.05) is 6.07 Å². The molecule has 0 aliphatic heterocycles. The molecule has 1 aromatic heterocycles. The predicted octanol–water partition coefficient (Wildman–Crippen LogP) is 2.08. The maximum Gasteiger partial charge on any atom is 0.305 e. The van der Waals surface area contributed by atoms with Crippen LogP contribution in [0.1, 0.15) is 43.4 Å². The Balaban J connectivity index is 2.26. The van der Waals surface area contributed by atoms with E-state index in [1.165, 1.54) is 12.1 Å². The van der Waals surface area contributed by atoms with Crippen LogP contribution in [0.3, 0.4) is 0 Å². The molecule has 6 nitrogen and oxygen atoms in total. The quantitative estimate of drug-likeness (QED) is 0.860. The Morgan fingerprint density at radius 1 is 1.38 bits per heavy atom. The third kappa shape index (κ3) is 3.81. The van der Waals surface area contributed by atoms with Crippen molar-refractivity contribution in [2.45, 2.75) is 48.3 Å². The average molecular weight is 328 g/mol. The molecular weight excluding hydrogens is 312 g/mol. The highest BCUT2D eigenvalue weighted by molar-refractivity contribution is 7.91. The third-order valence-corrected chi connectivity index (χ3v) is 6.67. The SMILES string of the molecule is N#Cc1ccc(S(=O)(=O)NC2(CC(=O)O)CCCCC2)s1. The largest absolute Gasteiger partial charge is 0.481 e. The zero-order valence-electron chi connectivity index (χ0n) is 11.3. The fourth-order valence-corrected chi connectivity index (χ4v) is 5.25. The number of hydrogen-bond acceptors (Lipinski definition) is 5. The number of aliphatic carboxylic acids is 1. The number of rotatable bonds is 5. The summed E-state index contributed by atoms with van der Waals surface area (Å²) in [4.78, 5) is 11.4. The van der Waals surface area contributed by atoms with E-state index in [0.29, 0.717) is 17.7 Å².